The lowest BCUT2D eigenvalue weighted by molar-refractivity contribution is 0.419. The topological polar surface area (TPSA) is 0 Å². The Kier molecular flexibility index (Phi) is 4.47. The highest BCUT2D eigenvalue weighted by Gasteiger charge is 2.27. The zero-order valence-electron chi connectivity index (χ0n) is 9.09. The van der Waals surface area contributed by atoms with Crippen LogP contribution in [-0.4, -0.2) is 5.88 Å². The molecule has 0 aliphatic carbocycles. The Morgan fingerprint density at radius 1 is 1.14 bits per heavy atom. The minimum atomic E-state index is 0.192. The fourth-order valence-electron chi connectivity index (χ4n) is 2.03. The van der Waals surface area contributed by atoms with Crippen molar-refractivity contribution in [1.82, 2.24) is 0 Å². The lowest BCUT2D eigenvalue weighted by Gasteiger charge is -2.31. The second-order valence-electron chi connectivity index (χ2n) is 3.88. The van der Waals surface area contributed by atoms with Gasteiger partial charge in [-0.2, -0.15) is 0 Å². The van der Waals surface area contributed by atoms with Crippen molar-refractivity contribution in [3.63, 3.8) is 0 Å². The molecule has 0 saturated heterocycles. The van der Waals surface area contributed by atoms with E-state index < -0.39 is 0 Å². The van der Waals surface area contributed by atoms with Gasteiger partial charge in [0, 0.05) is 11.3 Å². The molecule has 14 heavy (non-hydrogen) atoms. The number of hydrogen-bond acceptors (Lipinski definition) is 0. The van der Waals surface area contributed by atoms with Gasteiger partial charge in [-0.1, -0.05) is 50.6 Å². The van der Waals surface area contributed by atoms with Crippen molar-refractivity contribution >= 4 is 11.6 Å². The Bertz CT molecular complexity index is 249. The van der Waals surface area contributed by atoms with E-state index in [0.29, 0.717) is 0 Å². The summed E-state index contributed by atoms with van der Waals surface area (Å²) in [4.78, 5) is 0. The third-order valence-corrected chi connectivity index (χ3v) is 3.56. The predicted octanol–water partition coefficient (Wildman–Crippen LogP) is 4.37. The third-order valence-electron chi connectivity index (χ3n) is 3.05. The Morgan fingerprint density at radius 2 is 1.79 bits per heavy atom. The monoisotopic (exact) mass is 210 g/mol. The van der Waals surface area contributed by atoms with E-state index in [0.717, 1.165) is 12.3 Å². The smallest absolute Gasteiger partial charge is 0.0320 e. The molecule has 1 aromatic carbocycles. The number of hydrogen-bond donors (Lipinski definition) is 0. The predicted molar refractivity (Wildman–Crippen MR) is 64.0 cm³/mol. The minimum absolute atomic E-state index is 0.192. The minimum Gasteiger partial charge on any atom is -0.126 e. The van der Waals surface area contributed by atoms with Crippen LogP contribution in [0.4, 0.5) is 0 Å². The van der Waals surface area contributed by atoms with Crippen molar-refractivity contribution in [2.75, 3.05) is 5.88 Å². The summed E-state index contributed by atoms with van der Waals surface area (Å²) in [5.74, 6) is 0.724. The normalized spacial score (nSPS) is 15.1. The summed E-state index contributed by atoms with van der Waals surface area (Å²) in [7, 11) is 0. The Labute approximate surface area is 92.3 Å². The van der Waals surface area contributed by atoms with Crippen molar-refractivity contribution in [3.05, 3.63) is 35.9 Å². The van der Waals surface area contributed by atoms with Gasteiger partial charge in [0.2, 0.25) is 0 Å². The number of benzene rings is 1. The van der Waals surface area contributed by atoms with E-state index in [1.54, 1.807) is 0 Å². The highest BCUT2D eigenvalue weighted by molar-refractivity contribution is 6.18. The second-order valence-corrected chi connectivity index (χ2v) is 4.15. The summed E-state index contributed by atoms with van der Waals surface area (Å²) >= 11 is 6.14. The number of rotatable bonds is 5. The first-order chi connectivity index (χ1) is 6.79. The van der Waals surface area contributed by atoms with Crippen LogP contribution in [0.5, 0.6) is 0 Å². The van der Waals surface area contributed by atoms with Crippen molar-refractivity contribution in [2.24, 2.45) is 0 Å². The molecule has 1 rings (SSSR count). The summed E-state index contributed by atoms with van der Waals surface area (Å²) in [5, 5.41) is 0. The fraction of sp³-hybridized carbons (Fsp3) is 0.538. The second kappa shape index (κ2) is 5.41. The summed E-state index contributed by atoms with van der Waals surface area (Å²) in [6, 6.07) is 10.6. The molecule has 1 heteroatoms. The van der Waals surface area contributed by atoms with E-state index in [-0.39, 0.29) is 5.41 Å². The van der Waals surface area contributed by atoms with Gasteiger partial charge >= 0.3 is 0 Å². The molecular formula is C13H19Cl. The molecule has 0 heterocycles. The van der Waals surface area contributed by atoms with Gasteiger partial charge in [-0.05, 0) is 18.4 Å². The molecule has 0 amide bonds. The van der Waals surface area contributed by atoms with Gasteiger partial charge in [0.1, 0.15) is 0 Å². The van der Waals surface area contributed by atoms with E-state index in [2.05, 4.69) is 44.2 Å². The van der Waals surface area contributed by atoms with Gasteiger partial charge in [-0.15, -0.1) is 11.6 Å². The molecule has 0 bridgehead atoms. The Hall–Kier alpha value is -0.490. The maximum atomic E-state index is 6.14. The van der Waals surface area contributed by atoms with E-state index in [9.17, 15) is 0 Å². The molecule has 1 atom stereocenters. The molecule has 0 saturated carbocycles. The highest BCUT2D eigenvalue weighted by Crippen LogP contribution is 2.33. The third kappa shape index (κ3) is 2.30. The van der Waals surface area contributed by atoms with Crippen LogP contribution in [0.2, 0.25) is 0 Å². The molecule has 0 fully saturated rings. The van der Waals surface area contributed by atoms with Crippen LogP contribution in [0, 0.1) is 0 Å². The quantitative estimate of drug-likeness (QED) is 0.633. The Balaban J connectivity index is 2.98. The first-order valence-electron chi connectivity index (χ1n) is 5.40. The lowest BCUT2D eigenvalue weighted by Crippen LogP contribution is -2.27. The van der Waals surface area contributed by atoms with Crippen LogP contribution < -0.4 is 0 Å². The molecule has 0 aliphatic rings. The molecule has 78 valence electrons. The van der Waals surface area contributed by atoms with Gasteiger partial charge in [0.05, 0.1) is 0 Å². The van der Waals surface area contributed by atoms with Crippen molar-refractivity contribution in [2.45, 2.75) is 38.5 Å². The van der Waals surface area contributed by atoms with Crippen LogP contribution >= 0.6 is 11.6 Å². The van der Waals surface area contributed by atoms with Gasteiger partial charge < -0.3 is 0 Å². The standard InChI is InChI=1S/C13H19Cl/c1-3-10-13(4-2,11-14)12-8-6-5-7-9-12/h5-9H,3-4,10-11H2,1-2H3/t13-/m0/s1. The maximum absolute atomic E-state index is 6.14. The van der Waals surface area contributed by atoms with Crippen molar-refractivity contribution in [1.29, 1.82) is 0 Å². The van der Waals surface area contributed by atoms with Crippen LogP contribution in [0.25, 0.3) is 0 Å². The molecule has 0 spiro atoms. The van der Waals surface area contributed by atoms with Crippen LogP contribution in [0.3, 0.4) is 0 Å². The van der Waals surface area contributed by atoms with Gasteiger partial charge in [-0.3, -0.25) is 0 Å². The molecular weight excluding hydrogens is 192 g/mol. The number of alkyl halides is 1. The SMILES string of the molecule is CCC[C@@](CC)(CCl)c1ccccc1. The maximum Gasteiger partial charge on any atom is 0.0320 e. The number of halogens is 1. The molecule has 0 nitrogen and oxygen atoms in total. The first kappa shape index (κ1) is 11.6. The van der Waals surface area contributed by atoms with Crippen molar-refractivity contribution < 1.29 is 0 Å². The first-order valence-corrected chi connectivity index (χ1v) is 5.94. The highest BCUT2D eigenvalue weighted by atomic mass is 35.5. The van der Waals surface area contributed by atoms with E-state index in [1.165, 1.54) is 18.4 Å². The van der Waals surface area contributed by atoms with E-state index in [1.807, 2.05) is 0 Å². The molecule has 0 radical (unpaired) electrons. The fourth-order valence-corrected chi connectivity index (χ4v) is 2.51. The van der Waals surface area contributed by atoms with Crippen molar-refractivity contribution in [3.8, 4) is 0 Å². The summed E-state index contributed by atoms with van der Waals surface area (Å²) in [6.45, 7) is 4.45. The summed E-state index contributed by atoms with van der Waals surface area (Å²) in [5.41, 5.74) is 1.58. The lowest BCUT2D eigenvalue weighted by atomic mass is 9.76. The van der Waals surface area contributed by atoms with Crippen LogP contribution in [-0.2, 0) is 5.41 Å². The van der Waals surface area contributed by atoms with E-state index >= 15 is 0 Å². The summed E-state index contributed by atoms with van der Waals surface area (Å²) < 4.78 is 0. The molecule has 0 N–H and O–H groups in total. The van der Waals surface area contributed by atoms with Gasteiger partial charge in [-0.25, -0.2) is 0 Å². The van der Waals surface area contributed by atoms with Gasteiger partial charge in [0.25, 0.3) is 0 Å². The van der Waals surface area contributed by atoms with Gasteiger partial charge in [0.15, 0.2) is 0 Å². The average Bonchev–Trinajstić information content (AvgIpc) is 2.27. The zero-order chi connectivity index (χ0) is 10.4. The average molecular weight is 211 g/mol. The summed E-state index contributed by atoms with van der Waals surface area (Å²) in [6.07, 6.45) is 3.49. The van der Waals surface area contributed by atoms with Crippen LogP contribution in [0.15, 0.2) is 30.3 Å². The molecule has 0 unspecified atom stereocenters. The largest absolute Gasteiger partial charge is 0.126 e. The Morgan fingerprint density at radius 3 is 2.21 bits per heavy atom. The molecule has 1 aromatic rings. The molecule has 0 aliphatic heterocycles. The van der Waals surface area contributed by atoms with E-state index in [4.69, 9.17) is 11.6 Å². The van der Waals surface area contributed by atoms with Crippen LogP contribution in [0.1, 0.15) is 38.7 Å². The zero-order valence-corrected chi connectivity index (χ0v) is 9.85. The molecule has 0 aromatic heterocycles.